The maximum absolute atomic E-state index is 13.4. The number of aryl methyl sites for hydroxylation is 1. The van der Waals surface area contributed by atoms with E-state index in [-0.39, 0.29) is 18.0 Å². The van der Waals surface area contributed by atoms with Gasteiger partial charge in [0.25, 0.3) is 5.91 Å². The molecule has 1 amide bonds. The van der Waals surface area contributed by atoms with Gasteiger partial charge in [-0.2, -0.15) is 5.10 Å². The molecule has 6 heterocycles. The van der Waals surface area contributed by atoms with Gasteiger partial charge in [0.1, 0.15) is 10.7 Å². The number of anilines is 1. The van der Waals surface area contributed by atoms with Crippen LogP contribution >= 0.6 is 11.3 Å². The fraction of sp³-hybridized carbons (Fsp3) is 0.435. The first-order chi connectivity index (χ1) is 15.6. The van der Waals surface area contributed by atoms with Crippen molar-refractivity contribution in [2.75, 3.05) is 24.5 Å². The molecular formula is C23H27N7OS. The zero-order valence-corrected chi connectivity index (χ0v) is 19.0. The largest absolute Gasteiger partial charge is 0.355 e. The van der Waals surface area contributed by atoms with Crippen LogP contribution in [-0.2, 0) is 0 Å². The number of hydrogen-bond donors (Lipinski definition) is 1. The average molecular weight is 450 g/mol. The number of amides is 1. The van der Waals surface area contributed by atoms with Gasteiger partial charge in [-0.3, -0.25) is 4.79 Å². The number of nitrogens with two attached hydrogens (primary N) is 1. The van der Waals surface area contributed by atoms with Crippen LogP contribution in [0.4, 0.5) is 5.82 Å². The number of nitrogens with zero attached hydrogens (tertiary/aromatic N) is 6. The Bertz CT molecular complexity index is 1280. The van der Waals surface area contributed by atoms with Crippen molar-refractivity contribution in [2.24, 2.45) is 5.73 Å². The van der Waals surface area contributed by atoms with Crippen molar-refractivity contribution in [3.05, 3.63) is 52.9 Å². The molecule has 32 heavy (non-hydrogen) atoms. The quantitative estimate of drug-likeness (QED) is 0.519. The summed E-state index contributed by atoms with van der Waals surface area (Å²) in [4.78, 5) is 24.5. The van der Waals surface area contributed by atoms with Crippen LogP contribution in [-0.4, -0.2) is 55.5 Å². The molecule has 0 unspecified atom stereocenters. The first-order valence-electron chi connectivity index (χ1n) is 11.3. The van der Waals surface area contributed by atoms with Crippen LogP contribution in [0.2, 0.25) is 0 Å². The highest BCUT2D eigenvalue weighted by Crippen LogP contribution is 2.34. The van der Waals surface area contributed by atoms with Crippen molar-refractivity contribution in [1.29, 1.82) is 0 Å². The van der Waals surface area contributed by atoms with Gasteiger partial charge < -0.3 is 19.9 Å². The maximum atomic E-state index is 13.4. The molecule has 4 aromatic rings. The zero-order chi connectivity index (χ0) is 21.8. The van der Waals surface area contributed by atoms with Gasteiger partial charge in [-0.05, 0) is 44.7 Å². The van der Waals surface area contributed by atoms with Gasteiger partial charge in [-0.15, -0.1) is 11.3 Å². The third kappa shape index (κ3) is 3.27. The number of piperidine rings is 1. The van der Waals surface area contributed by atoms with Gasteiger partial charge in [0.2, 0.25) is 0 Å². The first kappa shape index (κ1) is 19.8. The number of carbonyl (C=O) groups excluding carboxylic acids is 1. The molecule has 2 fully saturated rings. The Labute approximate surface area is 190 Å². The van der Waals surface area contributed by atoms with Gasteiger partial charge in [0.05, 0.1) is 16.6 Å². The van der Waals surface area contributed by atoms with Crippen LogP contribution in [0.3, 0.4) is 0 Å². The minimum absolute atomic E-state index is 0.0247. The minimum Gasteiger partial charge on any atom is -0.355 e. The summed E-state index contributed by atoms with van der Waals surface area (Å²) in [5.74, 6) is 1.08. The molecule has 4 aromatic heterocycles. The molecule has 2 atom stereocenters. The summed E-state index contributed by atoms with van der Waals surface area (Å²) in [6.07, 6.45) is 10.0. The smallest absolute Gasteiger partial charge is 0.266 e. The highest BCUT2D eigenvalue weighted by Gasteiger charge is 2.32. The SMILES string of the molecule is Cc1cn2nc([C@@H]3CCCCN3C(=O)c3cn4cccc4s3)cc2nc1N1CC[C@H](N)C1. The second-order valence-corrected chi connectivity index (χ2v) is 10.0. The third-order valence-electron chi connectivity index (χ3n) is 6.67. The van der Waals surface area contributed by atoms with E-state index in [4.69, 9.17) is 15.8 Å². The molecule has 0 aliphatic carbocycles. The molecule has 9 heteroatoms. The molecule has 0 spiro atoms. The van der Waals surface area contributed by atoms with E-state index in [9.17, 15) is 4.79 Å². The van der Waals surface area contributed by atoms with Crippen LogP contribution in [0.25, 0.3) is 10.5 Å². The lowest BCUT2D eigenvalue weighted by atomic mass is 9.99. The van der Waals surface area contributed by atoms with Crippen LogP contribution < -0.4 is 10.6 Å². The standard InChI is InChI=1S/C23H27N7OS/c1-15-12-30-20(25-22(15)28-10-7-16(24)13-28)11-17(26-30)18-5-2-3-9-29(18)23(31)19-14-27-8-4-6-21(27)32-19/h4,6,8,11-12,14,16,18H,2-3,5,7,9-10,13,24H2,1H3/t16-,18-/m0/s1. The Kier molecular flexibility index (Phi) is 4.69. The Morgan fingerprint density at radius 1 is 1.22 bits per heavy atom. The number of carbonyl (C=O) groups is 1. The number of aromatic nitrogens is 4. The lowest BCUT2D eigenvalue weighted by Gasteiger charge is -2.34. The van der Waals surface area contributed by atoms with E-state index in [0.717, 1.165) is 77.7 Å². The van der Waals surface area contributed by atoms with Gasteiger partial charge in [-0.1, -0.05) is 0 Å². The van der Waals surface area contributed by atoms with Crippen molar-refractivity contribution < 1.29 is 4.79 Å². The summed E-state index contributed by atoms with van der Waals surface area (Å²) in [6.45, 7) is 4.61. The van der Waals surface area contributed by atoms with Gasteiger partial charge >= 0.3 is 0 Å². The molecule has 8 nitrogen and oxygen atoms in total. The molecular weight excluding hydrogens is 422 g/mol. The minimum atomic E-state index is -0.0247. The summed E-state index contributed by atoms with van der Waals surface area (Å²) < 4.78 is 3.87. The maximum Gasteiger partial charge on any atom is 0.266 e. The van der Waals surface area contributed by atoms with Crippen LogP contribution in [0, 0.1) is 6.92 Å². The monoisotopic (exact) mass is 449 g/mol. The van der Waals surface area contributed by atoms with E-state index in [0.29, 0.717) is 0 Å². The average Bonchev–Trinajstić information content (AvgIpc) is 3.56. The number of hydrogen-bond acceptors (Lipinski definition) is 6. The molecule has 166 valence electrons. The molecule has 2 saturated heterocycles. The second-order valence-electron chi connectivity index (χ2n) is 8.97. The van der Waals surface area contributed by atoms with E-state index >= 15 is 0 Å². The topological polar surface area (TPSA) is 84.2 Å². The van der Waals surface area contributed by atoms with E-state index in [1.807, 2.05) is 44.5 Å². The third-order valence-corrected chi connectivity index (χ3v) is 7.73. The van der Waals surface area contributed by atoms with Gasteiger partial charge in [-0.25, -0.2) is 9.50 Å². The van der Waals surface area contributed by atoms with Crippen molar-refractivity contribution in [3.8, 4) is 0 Å². The Hall–Kier alpha value is -2.91. The normalized spacial score (nSPS) is 21.8. The van der Waals surface area contributed by atoms with Crippen LogP contribution in [0.15, 0.2) is 36.8 Å². The van der Waals surface area contributed by atoms with E-state index < -0.39 is 0 Å². The van der Waals surface area contributed by atoms with Crippen molar-refractivity contribution in [2.45, 2.75) is 44.7 Å². The van der Waals surface area contributed by atoms with Crippen LogP contribution in [0.5, 0.6) is 0 Å². The van der Waals surface area contributed by atoms with E-state index in [1.54, 1.807) is 11.3 Å². The summed E-state index contributed by atoms with van der Waals surface area (Å²) in [5.41, 5.74) is 8.94. The van der Waals surface area contributed by atoms with E-state index in [2.05, 4.69) is 17.9 Å². The molecule has 0 aromatic carbocycles. The molecule has 0 bridgehead atoms. The summed E-state index contributed by atoms with van der Waals surface area (Å²) in [7, 11) is 0. The molecule has 2 N–H and O–H groups in total. The summed E-state index contributed by atoms with van der Waals surface area (Å²) >= 11 is 1.54. The Balaban J connectivity index is 1.33. The zero-order valence-electron chi connectivity index (χ0n) is 18.1. The molecule has 2 aliphatic rings. The second kappa shape index (κ2) is 7.60. The Morgan fingerprint density at radius 3 is 2.94 bits per heavy atom. The van der Waals surface area contributed by atoms with Crippen molar-refractivity contribution >= 4 is 33.5 Å². The fourth-order valence-corrected chi connectivity index (χ4v) is 6.00. The molecule has 0 radical (unpaired) electrons. The number of rotatable bonds is 3. The predicted molar refractivity (Wildman–Crippen MR) is 125 cm³/mol. The van der Waals surface area contributed by atoms with E-state index in [1.165, 1.54) is 0 Å². The Morgan fingerprint density at radius 2 is 2.12 bits per heavy atom. The highest BCUT2D eigenvalue weighted by atomic mass is 32.1. The molecule has 6 rings (SSSR count). The lowest BCUT2D eigenvalue weighted by Crippen LogP contribution is -2.38. The van der Waals surface area contributed by atoms with Crippen LogP contribution in [0.1, 0.15) is 52.7 Å². The lowest BCUT2D eigenvalue weighted by molar-refractivity contribution is 0.0610. The van der Waals surface area contributed by atoms with Crippen molar-refractivity contribution in [3.63, 3.8) is 0 Å². The number of likely N-dealkylation sites (tertiary alicyclic amines) is 1. The summed E-state index contributed by atoms with van der Waals surface area (Å²) in [5, 5.41) is 4.85. The first-order valence-corrected chi connectivity index (χ1v) is 12.1. The van der Waals surface area contributed by atoms with Gasteiger partial charge in [0.15, 0.2) is 5.65 Å². The fourth-order valence-electron chi connectivity index (χ4n) is 5.04. The highest BCUT2D eigenvalue weighted by molar-refractivity contribution is 7.19. The number of thiazole rings is 1. The summed E-state index contributed by atoms with van der Waals surface area (Å²) in [6, 6.07) is 6.27. The molecule has 2 aliphatic heterocycles. The van der Waals surface area contributed by atoms with Crippen molar-refractivity contribution in [1.82, 2.24) is 23.9 Å². The predicted octanol–water partition coefficient (Wildman–Crippen LogP) is 3.26. The molecule has 0 saturated carbocycles. The van der Waals surface area contributed by atoms with Gasteiger partial charge in [0, 0.05) is 55.9 Å². The number of fused-ring (bicyclic) bond motifs is 2.